The summed E-state index contributed by atoms with van der Waals surface area (Å²) in [5.41, 5.74) is 5.02. The van der Waals surface area contributed by atoms with Crippen LogP contribution in [-0.4, -0.2) is 96.2 Å². The molecule has 2 amide bonds. The average Bonchev–Trinajstić information content (AvgIpc) is 3.38. The number of esters is 2. The molecule has 0 aromatic carbocycles. The van der Waals surface area contributed by atoms with Crippen molar-refractivity contribution in [1.29, 1.82) is 0 Å². The molecule has 0 aliphatic carbocycles. The minimum absolute atomic E-state index is 0.0526. The van der Waals surface area contributed by atoms with Gasteiger partial charge in [0.2, 0.25) is 6.79 Å². The maximum atomic E-state index is 13.3. The van der Waals surface area contributed by atoms with E-state index in [9.17, 15) is 19.2 Å². The number of nitrogens with zero attached hydrogens (tertiary/aromatic N) is 3. The second kappa shape index (κ2) is 13.4. The Morgan fingerprint density at radius 3 is 2.63 bits per heavy atom. The first kappa shape index (κ1) is 31.1. The van der Waals surface area contributed by atoms with Gasteiger partial charge in [-0.25, -0.2) is 9.78 Å². The molecule has 0 spiro atoms. The molecule has 4 rings (SSSR count). The highest BCUT2D eigenvalue weighted by Crippen LogP contribution is 2.44. The number of amides is 2. The first-order valence-corrected chi connectivity index (χ1v) is 15.4. The second-order valence-electron chi connectivity index (χ2n) is 10.1. The fourth-order valence-corrected chi connectivity index (χ4v) is 7.09. The van der Waals surface area contributed by atoms with Gasteiger partial charge in [0.05, 0.1) is 18.6 Å². The van der Waals surface area contributed by atoms with Gasteiger partial charge in [0.1, 0.15) is 36.7 Å². The van der Waals surface area contributed by atoms with E-state index in [2.05, 4.69) is 15.5 Å². The van der Waals surface area contributed by atoms with Gasteiger partial charge < -0.3 is 34.8 Å². The Morgan fingerprint density at radius 1 is 1.27 bits per heavy atom. The highest BCUT2D eigenvalue weighted by atomic mass is 32.2. The Morgan fingerprint density at radius 2 is 2.00 bits per heavy atom. The molecule has 0 saturated carbocycles. The molecule has 1 aromatic heterocycles. The van der Waals surface area contributed by atoms with E-state index in [1.165, 1.54) is 35.5 Å². The number of nitrogens with two attached hydrogens (primary N) is 1. The standard InChI is InChI=1S/C24H31N5O9S3/c1-24(2,3)22(33)38-11-37-21(32)17-14(39-7-12-5-35-10-36-6-12)9-40-20-16(19(31)29(17)20)27-18(30)15(28-34-4)13-8-41-23(25)26-13/h8,12,16,20H,5-7,9-11H2,1-4H3,(H2,25,26)(H,27,30)/b28-15-/t16?,20-/m0/s1. The van der Waals surface area contributed by atoms with Gasteiger partial charge >= 0.3 is 11.9 Å². The summed E-state index contributed by atoms with van der Waals surface area (Å²) in [6.45, 7) is 5.71. The van der Waals surface area contributed by atoms with Crippen molar-refractivity contribution >= 4 is 69.5 Å². The van der Waals surface area contributed by atoms with Crippen molar-refractivity contribution < 1.29 is 43.0 Å². The van der Waals surface area contributed by atoms with Gasteiger partial charge in [-0.2, -0.15) is 0 Å². The summed E-state index contributed by atoms with van der Waals surface area (Å²) >= 11 is 3.92. The Hall–Kier alpha value is -2.86. The Kier molecular flexibility index (Phi) is 10.2. The topological polar surface area (TPSA) is 181 Å². The molecule has 2 saturated heterocycles. The van der Waals surface area contributed by atoms with Crippen LogP contribution in [0.3, 0.4) is 0 Å². The van der Waals surface area contributed by atoms with Crippen LogP contribution in [0.2, 0.25) is 0 Å². The van der Waals surface area contributed by atoms with Crippen molar-refractivity contribution in [2.75, 3.05) is 51.1 Å². The summed E-state index contributed by atoms with van der Waals surface area (Å²) in [6, 6.07) is -0.946. The maximum absolute atomic E-state index is 13.3. The summed E-state index contributed by atoms with van der Waals surface area (Å²) in [6.07, 6.45) is 0. The molecule has 4 heterocycles. The SMILES string of the molecule is CO/N=C(\C(=O)NC1C(=O)N2C(C(=O)OCOC(=O)C(C)(C)C)=C(SCC3COCOC3)CS[C@@H]12)c1csc(N)n1. The van der Waals surface area contributed by atoms with Crippen LogP contribution >= 0.6 is 34.9 Å². The van der Waals surface area contributed by atoms with Gasteiger partial charge in [0.25, 0.3) is 11.8 Å². The van der Waals surface area contributed by atoms with Gasteiger partial charge in [-0.3, -0.25) is 19.3 Å². The van der Waals surface area contributed by atoms with Crippen molar-refractivity contribution in [2.24, 2.45) is 16.5 Å². The molecule has 41 heavy (non-hydrogen) atoms. The molecule has 3 aliphatic heterocycles. The highest BCUT2D eigenvalue weighted by Gasteiger charge is 2.55. The summed E-state index contributed by atoms with van der Waals surface area (Å²) < 4.78 is 21.1. The van der Waals surface area contributed by atoms with Crippen LogP contribution in [0.5, 0.6) is 0 Å². The number of β-lactam (4-membered cyclic amide) rings is 1. The zero-order valence-corrected chi connectivity index (χ0v) is 25.3. The van der Waals surface area contributed by atoms with Gasteiger partial charge in [0, 0.05) is 27.7 Å². The van der Waals surface area contributed by atoms with Crippen LogP contribution in [0, 0.1) is 11.3 Å². The number of ether oxygens (including phenoxy) is 4. The van der Waals surface area contributed by atoms with Crippen LogP contribution in [0.1, 0.15) is 26.5 Å². The number of fused-ring (bicyclic) bond motifs is 1. The van der Waals surface area contributed by atoms with E-state index >= 15 is 0 Å². The monoisotopic (exact) mass is 629 g/mol. The van der Waals surface area contributed by atoms with Crippen LogP contribution < -0.4 is 11.1 Å². The average molecular weight is 630 g/mol. The van der Waals surface area contributed by atoms with Crippen LogP contribution in [-0.2, 0) is 43.0 Å². The van der Waals surface area contributed by atoms with Gasteiger partial charge in [-0.05, 0) is 20.8 Å². The fraction of sp³-hybridized carbons (Fsp3) is 0.583. The normalized spacial score (nSPS) is 21.6. The minimum Gasteiger partial charge on any atom is -0.427 e. The van der Waals surface area contributed by atoms with E-state index < -0.39 is 47.4 Å². The lowest BCUT2D eigenvalue weighted by Gasteiger charge is -2.49. The van der Waals surface area contributed by atoms with Crippen molar-refractivity contribution in [3.05, 3.63) is 21.7 Å². The number of carbonyl (C=O) groups is 4. The molecule has 1 aromatic rings. The van der Waals surface area contributed by atoms with E-state index in [0.717, 1.165) is 11.3 Å². The Labute approximate surface area is 248 Å². The lowest BCUT2D eigenvalue weighted by molar-refractivity contribution is -0.173. The summed E-state index contributed by atoms with van der Waals surface area (Å²) in [7, 11) is 1.28. The number of nitrogen functional groups attached to an aromatic ring is 1. The van der Waals surface area contributed by atoms with Gasteiger partial charge in [0.15, 0.2) is 10.8 Å². The van der Waals surface area contributed by atoms with Crippen molar-refractivity contribution in [3.8, 4) is 0 Å². The number of carbonyl (C=O) groups excluding carboxylic acids is 4. The van der Waals surface area contributed by atoms with E-state index in [0.29, 0.717) is 29.6 Å². The van der Waals surface area contributed by atoms with Gasteiger partial charge in [-0.15, -0.1) is 34.9 Å². The number of aromatic nitrogens is 1. The third-order valence-corrected chi connectivity index (χ3v) is 9.40. The molecule has 17 heteroatoms. The predicted molar refractivity (Wildman–Crippen MR) is 151 cm³/mol. The van der Waals surface area contributed by atoms with E-state index in [1.54, 1.807) is 26.2 Å². The lowest BCUT2D eigenvalue weighted by atomic mass is 9.98. The number of thioether (sulfide) groups is 2. The van der Waals surface area contributed by atoms with Crippen LogP contribution in [0.15, 0.2) is 21.1 Å². The molecule has 3 aliphatic rings. The largest absolute Gasteiger partial charge is 0.427 e. The summed E-state index contributed by atoms with van der Waals surface area (Å²) in [5.74, 6) is -1.47. The summed E-state index contributed by atoms with van der Waals surface area (Å²) in [5, 5.41) is 7.62. The van der Waals surface area contributed by atoms with E-state index in [-0.39, 0.29) is 34.9 Å². The number of oxime groups is 1. The quantitative estimate of drug-likeness (QED) is 0.124. The van der Waals surface area contributed by atoms with Crippen molar-refractivity contribution in [2.45, 2.75) is 32.2 Å². The van der Waals surface area contributed by atoms with Gasteiger partial charge in [-0.1, -0.05) is 5.16 Å². The molecular formula is C24H31N5O9S3. The fourth-order valence-electron chi connectivity index (χ4n) is 3.87. The molecule has 14 nitrogen and oxygen atoms in total. The third kappa shape index (κ3) is 7.32. The number of anilines is 1. The second-order valence-corrected chi connectivity index (χ2v) is 13.2. The molecule has 2 atom stereocenters. The molecule has 2 fully saturated rings. The third-order valence-electron chi connectivity index (χ3n) is 5.93. The lowest BCUT2D eigenvalue weighted by Crippen LogP contribution is -2.71. The number of thiazole rings is 1. The van der Waals surface area contributed by atoms with Crippen LogP contribution in [0.4, 0.5) is 5.13 Å². The molecule has 0 radical (unpaired) electrons. The predicted octanol–water partition coefficient (Wildman–Crippen LogP) is 1.13. The summed E-state index contributed by atoms with van der Waals surface area (Å²) in [4.78, 5) is 62.5. The molecule has 0 bridgehead atoms. The maximum Gasteiger partial charge on any atom is 0.358 e. The first-order chi connectivity index (χ1) is 19.5. The van der Waals surface area contributed by atoms with Crippen LogP contribution in [0.25, 0.3) is 0 Å². The Balaban J connectivity index is 1.49. The number of hydrogen-bond acceptors (Lipinski definition) is 15. The zero-order valence-electron chi connectivity index (χ0n) is 22.9. The molecule has 224 valence electrons. The van der Waals surface area contributed by atoms with Crippen molar-refractivity contribution in [1.82, 2.24) is 15.2 Å². The highest BCUT2D eigenvalue weighted by molar-refractivity contribution is 8.06. The first-order valence-electron chi connectivity index (χ1n) is 12.4. The van der Waals surface area contributed by atoms with Crippen molar-refractivity contribution in [3.63, 3.8) is 0 Å². The minimum atomic E-state index is -0.946. The molecule has 3 N–H and O–H groups in total. The smallest absolute Gasteiger partial charge is 0.358 e. The Bertz CT molecular complexity index is 1240. The van der Waals surface area contributed by atoms with E-state index in [1.807, 2.05) is 0 Å². The number of hydrogen-bond donors (Lipinski definition) is 2. The number of nitrogens with one attached hydrogen (secondary N) is 1. The zero-order chi connectivity index (χ0) is 29.7. The number of rotatable bonds is 10. The molecule has 1 unspecified atom stereocenters. The molecular weight excluding hydrogens is 598 g/mol. The van der Waals surface area contributed by atoms with E-state index in [4.69, 9.17) is 29.5 Å².